The zero-order valence-electron chi connectivity index (χ0n) is 14.3. The van der Waals surface area contributed by atoms with Gasteiger partial charge in [-0.15, -0.1) is 0 Å². The lowest BCUT2D eigenvalue weighted by molar-refractivity contribution is -0.152. The van der Waals surface area contributed by atoms with Crippen LogP contribution in [0.25, 0.3) is 0 Å². The fourth-order valence-electron chi connectivity index (χ4n) is 3.74. The first-order valence-electron chi connectivity index (χ1n) is 8.94. The number of aliphatic carboxylic acids is 1. The highest BCUT2D eigenvalue weighted by Gasteiger charge is 2.37. The molecule has 25 heavy (non-hydrogen) atoms. The van der Waals surface area contributed by atoms with Crippen LogP contribution in [0.2, 0.25) is 0 Å². The van der Waals surface area contributed by atoms with E-state index >= 15 is 0 Å². The van der Waals surface area contributed by atoms with Crippen molar-refractivity contribution in [3.05, 3.63) is 35.9 Å². The highest BCUT2D eigenvalue weighted by molar-refractivity contribution is 5.89. The molecule has 0 radical (unpaired) electrons. The third kappa shape index (κ3) is 3.83. The number of rotatable bonds is 4. The van der Waals surface area contributed by atoms with Gasteiger partial charge in [0.2, 0.25) is 11.8 Å². The molecule has 0 spiro atoms. The molecule has 134 valence electrons. The SMILES string of the molecule is O=C(O)[C@H]1CCCN(C(=O)C(c2ccccc2)N2CCCCC2=O)C1. The molecule has 2 aliphatic rings. The molecular formula is C19H24N2O4. The number of hydrogen-bond donors (Lipinski definition) is 1. The minimum Gasteiger partial charge on any atom is -0.481 e. The molecule has 2 aliphatic heterocycles. The van der Waals surface area contributed by atoms with Gasteiger partial charge >= 0.3 is 5.97 Å². The molecule has 6 nitrogen and oxygen atoms in total. The number of benzene rings is 1. The summed E-state index contributed by atoms with van der Waals surface area (Å²) in [5.74, 6) is -1.54. The zero-order chi connectivity index (χ0) is 17.8. The molecule has 0 bridgehead atoms. The largest absolute Gasteiger partial charge is 0.481 e. The molecule has 0 aromatic heterocycles. The number of carbonyl (C=O) groups is 3. The van der Waals surface area contributed by atoms with Gasteiger partial charge in [-0.2, -0.15) is 0 Å². The lowest BCUT2D eigenvalue weighted by Crippen LogP contribution is -2.50. The van der Waals surface area contributed by atoms with Gasteiger partial charge in [-0.25, -0.2) is 0 Å². The second-order valence-electron chi connectivity index (χ2n) is 6.82. The average molecular weight is 344 g/mol. The van der Waals surface area contributed by atoms with Crippen LogP contribution in [-0.2, 0) is 14.4 Å². The lowest BCUT2D eigenvalue weighted by atomic mass is 9.95. The Morgan fingerprint density at radius 1 is 1.08 bits per heavy atom. The van der Waals surface area contributed by atoms with Gasteiger partial charge in [0, 0.05) is 26.1 Å². The molecule has 2 fully saturated rings. The predicted molar refractivity (Wildman–Crippen MR) is 91.7 cm³/mol. The number of carboxylic acids is 1. The van der Waals surface area contributed by atoms with Crippen LogP contribution in [0.5, 0.6) is 0 Å². The van der Waals surface area contributed by atoms with Crippen LogP contribution < -0.4 is 0 Å². The van der Waals surface area contributed by atoms with Crippen LogP contribution >= 0.6 is 0 Å². The summed E-state index contributed by atoms with van der Waals surface area (Å²) in [7, 11) is 0. The molecule has 2 saturated heterocycles. The monoisotopic (exact) mass is 344 g/mol. The standard InChI is InChI=1S/C19H24N2O4/c22-16-10-4-5-12-21(16)17(14-7-2-1-3-8-14)18(23)20-11-6-9-15(13-20)19(24)25/h1-3,7-8,15,17H,4-6,9-13H2,(H,24,25)/t15-,17?/m0/s1. The first-order valence-corrected chi connectivity index (χ1v) is 8.94. The smallest absolute Gasteiger partial charge is 0.308 e. The van der Waals surface area contributed by atoms with Crippen LogP contribution in [-0.4, -0.2) is 52.3 Å². The Kier molecular flexibility index (Phi) is 5.36. The van der Waals surface area contributed by atoms with Gasteiger partial charge in [-0.1, -0.05) is 30.3 Å². The van der Waals surface area contributed by atoms with E-state index < -0.39 is 17.9 Å². The summed E-state index contributed by atoms with van der Waals surface area (Å²) in [6, 6.07) is 8.68. The molecule has 2 amide bonds. The average Bonchev–Trinajstić information content (AvgIpc) is 2.64. The van der Waals surface area contributed by atoms with Crippen LogP contribution in [0.15, 0.2) is 30.3 Å². The number of hydrogen-bond acceptors (Lipinski definition) is 3. The van der Waals surface area contributed by atoms with Gasteiger partial charge in [0.05, 0.1) is 5.92 Å². The van der Waals surface area contributed by atoms with E-state index in [9.17, 15) is 19.5 Å². The molecule has 2 atom stereocenters. The van der Waals surface area contributed by atoms with Gasteiger partial charge in [0.1, 0.15) is 6.04 Å². The Balaban J connectivity index is 1.87. The Labute approximate surface area is 147 Å². The molecular weight excluding hydrogens is 320 g/mol. The Morgan fingerprint density at radius 2 is 1.84 bits per heavy atom. The van der Waals surface area contributed by atoms with E-state index in [1.165, 1.54) is 0 Å². The van der Waals surface area contributed by atoms with Gasteiger partial charge < -0.3 is 14.9 Å². The highest BCUT2D eigenvalue weighted by atomic mass is 16.4. The van der Waals surface area contributed by atoms with E-state index in [0.29, 0.717) is 32.4 Å². The van der Waals surface area contributed by atoms with Crippen LogP contribution in [0.4, 0.5) is 0 Å². The van der Waals surface area contributed by atoms with Gasteiger partial charge in [0.15, 0.2) is 0 Å². The van der Waals surface area contributed by atoms with Crippen LogP contribution in [0, 0.1) is 5.92 Å². The molecule has 1 unspecified atom stereocenters. The number of carbonyl (C=O) groups excluding carboxylic acids is 2. The number of amides is 2. The normalized spacial score (nSPS) is 22.6. The van der Waals surface area contributed by atoms with Crippen LogP contribution in [0.1, 0.15) is 43.7 Å². The van der Waals surface area contributed by atoms with Crippen molar-refractivity contribution in [1.82, 2.24) is 9.80 Å². The predicted octanol–water partition coefficient (Wildman–Crippen LogP) is 2.06. The Morgan fingerprint density at radius 3 is 2.52 bits per heavy atom. The highest BCUT2D eigenvalue weighted by Crippen LogP contribution is 2.29. The van der Waals surface area contributed by atoms with E-state index in [1.807, 2.05) is 30.3 Å². The number of nitrogens with zero attached hydrogens (tertiary/aromatic N) is 2. The maximum absolute atomic E-state index is 13.3. The number of piperidine rings is 2. The summed E-state index contributed by atoms with van der Waals surface area (Å²) in [5, 5.41) is 9.28. The first-order chi connectivity index (χ1) is 12.1. The fourth-order valence-corrected chi connectivity index (χ4v) is 3.74. The van der Waals surface area contributed by atoms with Crippen molar-refractivity contribution in [3.63, 3.8) is 0 Å². The lowest BCUT2D eigenvalue weighted by Gasteiger charge is -2.39. The van der Waals surface area contributed by atoms with Gasteiger partial charge in [-0.3, -0.25) is 14.4 Å². The molecule has 1 aromatic rings. The van der Waals surface area contributed by atoms with Crippen molar-refractivity contribution in [2.75, 3.05) is 19.6 Å². The number of carboxylic acid groups (broad SMARTS) is 1. The molecule has 1 N–H and O–H groups in total. The molecule has 0 saturated carbocycles. The summed E-state index contributed by atoms with van der Waals surface area (Å²) < 4.78 is 0. The third-order valence-electron chi connectivity index (χ3n) is 5.10. The van der Waals surface area contributed by atoms with Crippen LogP contribution in [0.3, 0.4) is 0 Å². The maximum Gasteiger partial charge on any atom is 0.308 e. The van der Waals surface area contributed by atoms with Crippen molar-refractivity contribution in [1.29, 1.82) is 0 Å². The zero-order valence-corrected chi connectivity index (χ0v) is 14.3. The minimum atomic E-state index is -0.859. The molecule has 2 heterocycles. The van der Waals surface area contributed by atoms with Crippen molar-refractivity contribution in [2.24, 2.45) is 5.92 Å². The maximum atomic E-state index is 13.3. The second kappa shape index (κ2) is 7.68. The summed E-state index contributed by atoms with van der Waals surface area (Å²) in [4.78, 5) is 40.3. The molecule has 6 heteroatoms. The van der Waals surface area contributed by atoms with E-state index in [1.54, 1.807) is 9.80 Å². The fraction of sp³-hybridized carbons (Fsp3) is 0.526. The third-order valence-corrected chi connectivity index (χ3v) is 5.10. The molecule has 0 aliphatic carbocycles. The molecule has 3 rings (SSSR count). The van der Waals surface area contributed by atoms with E-state index in [0.717, 1.165) is 18.4 Å². The summed E-state index contributed by atoms with van der Waals surface area (Å²) >= 11 is 0. The first kappa shape index (κ1) is 17.5. The van der Waals surface area contributed by atoms with Crippen molar-refractivity contribution in [2.45, 2.75) is 38.1 Å². The van der Waals surface area contributed by atoms with E-state index in [4.69, 9.17) is 0 Å². The van der Waals surface area contributed by atoms with Gasteiger partial charge in [0.25, 0.3) is 0 Å². The van der Waals surface area contributed by atoms with Crippen molar-refractivity contribution >= 4 is 17.8 Å². The van der Waals surface area contributed by atoms with E-state index in [-0.39, 0.29) is 18.4 Å². The minimum absolute atomic E-state index is 0.000229. The summed E-state index contributed by atoms with van der Waals surface area (Å²) in [6.07, 6.45) is 3.49. The second-order valence-corrected chi connectivity index (χ2v) is 6.82. The van der Waals surface area contributed by atoms with Gasteiger partial charge in [-0.05, 0) is 31.2 Å². The summed E-state index contributed by atoms with van der Waals surface area (Å²) in [6.45, 7) is 1.34. The van der Waals surface area contributed by atoms with E-state index in [2.05, 4.69) is 0 Å². The Bertz CT molecular complexity index is 646. The molecule has 1 aromatic carbocycles. The topological polar surface area (TPSA) is 77.9 Å². The van der Waals surface area contributed by atoms with Crippen molar-refractivity contribution < 1.29 is 19.5 Å². The Hall–Kier alpha value is -2.37. The number of likely N-dealkylation sites (tertiary alicyclic amines) is 2. The summed E-state index contributed by atoms with van der Waals surface area (Å²) in [5.41, 5.74) is 0.792. The van der Waals surface area contributed by atoms with Crippen molar-refractivity contribution in [3.8, 4) is 0 Å². The quantitative estimate of drug-likeness (QED) is 0.907.